The van der Waals surface area contributed by atoms with E-state index < -0.39 is 17.3 Å². The number of anilines is 1. The van der Waals surface area contributed by atoms with Crippen molar-refractivity contribution in [1.29, 1.82) is 0 Å². The van der Waals surface area contributed by atoms with Crippen molar-refractivity contribution >= 4 is 17.3 Å². The highest BCUT2D eigenvalue weighted by molar-refractivity contribution is 6.30. The first-order valence-corrected chi connectivity index (χ1v) is 6.32. The van der Waals surface area contributed by atoms with E-state index in [0.29, 0.717) is 12.2 Å². The van der Waals surface area contributed by atoms with Gasteiger partial charge in [-0.2, -0.15) is 13.2 Å². The van der Waals surface area contributed by atoms with Gasteiger partial charge in [-0.15, -0.1) is 0 Å². The lowest BCUT2D eigenvalue weighted by atomic mass is 9.88. The lowest BCUT2D eigenvalue weighted by Crippen LogP contribution is -2.47. The first-order chi connectivity index (χ1) is 8.58. The van der Waals surface area contributed by atoms with Crippen molar-refractivity contribution in [3.05, 3.63) is 28.8 Å². The van der Waals surface area contributed by atoms with Gasteiger partial charge in [0.15, 0.2) is 0 Å². The molecule has 1 atom stereocenters. The van der Waals surface area contributed by atoms with Crippen LogP contribution in [0.4, 0.5) is 18.9 Å². The van der Waals surface area contributed by atoms with Gasteiger partial charge in [0.25, 0.3) is 0 Å². The first-order valence-electron chi connectivity index (χ1n) is 5.94. The molecule has 0 heterocycles. The molecule has 0 saturated heterocycles. The third-order valence-corrected chi connectivity index (χ3v) is 3.57. The molecule has 0 fully saturated rings. The second kappa shape index (κ2) is 5.59. The monoisotopic (exact) mass is 294 g/mol. The Balaban J connectivity index is 3.12. The molecule has 0 amide bonds. The molecule has 1 rings (SSSR count). The van der Waals surface area contributed by atoms with E-state index in [0.717, 1.165) is 12.1 Å². The minimum atomic E-state index is -4.42. The van der Waals surface area contributed by atoms with Crippen molar-refractivity contribution < 1.29 is 13.2 Å². The summed E-state index contributed by atoms with van der Waals surface area (Å²) < 4.78 is 38.1. The summed E-state index contributed by atoms with van der Waals surface area (Å²) >= 11 is 5.74. The molecule has 19 heavy (non-hydrogen) atoms. The topological polar surface area (TPSA) is 38.0 Å². The number of hydrogen-bond donors (Lipinski definition) is 2. The van der Waals surface area contributed by atoms with Crippen molar-refractivity contribution in [2.75, 3.05) is 11.9 Å². The van der Waals surface area contributed by atoms with E-state index in [1.54, 1.807) is 0 Å². The summed E-state index contributed by atoms with van der Waals surface area (Å²) in [7, 11) is 0. The molecule has 1 aromatic carbocycles. The molecular formula is C13H18ClF3N2. The van der Waals surface area contributed by atoms with Crippen LogP contribution in [-0.4, -0.2) is 12.1 Å². The quantitative estimate of drug-likeness (QED) is 0.875. The van der Waals surface area contributed by atoms with Crippen LogP contribution in [0, 0.1) is 5.92 Å². The number of halogens is 4. The van der Waals surface area contributed by atoms with E-state index >= 15 is 0 Å². The van der Waals surface area contributed by atoms with Gasteiger partial charge in [-0.05, 0) is 31.0 Å². The maximum atomic E-state index is 12.7. The van der Waals surface area contributed by atoms with Gasteiger partial charge < -0.3 is 11.1 Å². The van der Waals surface area contributed by atoms with E-state index in [9.17, 15) is 13.2 Å². The van der Waals surface area contributed by atoms with Gasteiger partial charge in [0, 0.05) is 22.8 Å². The molecular weight excluding hydrogens is 277 g/mol. The van der Waals surface area contributed by atoms with Crippen LogP contribution in [0.25, 0.3) is 0 Å². The van der Waals surface area contributed by atoms with Crippen LogP contribution in [0.3, 0.4) is 0 Å². The fourth-order valence-corrected chi connectivity index (χ4v) is 1.82. The van der Waals surface area contributed by atoms with Gasteiger partial charge in [0.1, 0.15) is 0 Å². The highest BCUT2D eigenvalue weighted by atomic mass is 35.5. The van der Waals surface area contributed by atoms with Gasteiger partial charge in [-0.1, -0.05) is 25.4 Å². The van der Waals surface area contributed by atoms with Crippen LogP contribution >= 0.6 is 11.6 Å². The second-order valence-corrected chi connectivity index (χ2v) is 5.56. The van der Waals surface area contributed by atoms with E-state index in [-0.39, 0.29) is 10.9 Å². The Morgan fingerprint density at radius 2 is 1.84 bits per heavy atom. The Morgan fingerprint density at radius 1 is 1.26 bits per heavy atom. The number of nitrogens with two attached hydrogens (primary N) is 1. The third-order valence-electron chi connectivity index (χ3n) is 3.35. The van der Waals surface area contributed by atoms with Crippen molar-refractivity contribution in [1.82, 2.24) is 0 Å². The average Bonchev–Trinajstić information content (AvgIpc) is 2.26. The molecule has 1 unspecified atom stereocenters. The van der Waals surface area contributed by atoms with Crippen LogP contribution in [0.15, 0.2) is 18.2 Å². The highest BCUT2D eigenvalue weighted by Crippen LogP contribution is 2.34. The van der Waals surface area contributed by atoms with Crippen LogP contribution in [0.1, 0.15) is 26.3 Å². The molecule has 0 saturated carbocycles. The zero-order valence-corrected chi connectivity index (χ0v) is 11.9. The van der Waals surface area contributed by atoms with Gasteiger partial charge in [0.05, 0.1) is 5.56 Å². The number of alkyl halides is 3. The summed E-state index contributed by atoms with van der Waals surface area (Å²) in [6.07, 6.45) is -4.42. The Morgan fingerprint density at radius 3 is 2.26 bits per heavy atom. The number of hydrogen-bond acceptors (Lipinski definition) is 2. The molecule has 0 aliphatic heterocycles. The number of benzene rings is 1. The van der Waals surface area contributed by atoms with E-state index in [1.807, 2.05) is 20.8 Å². The molecule has 0 aromatic heterocycles. The average molecular weight is 295 g/mol. The molecule has 3 N–H and O–H groups in total. The van der Waals surface area contributed by atoms with E-state index in [2.05, 4.69) is 5.32 Å². The summed E-state index contributed by atoms with van der Waals surface area (Å²) in [4.78, 5) is 0. The summed E-state index contributed by atoms with van der Waals surface area (Å²) in [6.45, 7) is 6.08. The fraction of sp³-hybridized carbons (Fsp3) is 0.538. The third kappa shape index (κ3) is 4.01. The standard InChI is InChI=1S/C13H18ClF3N2/c1-8(2)12(3,7-18)19-11-5-9(13(15,16)17)4-10(14)6-11/h4-6,8,19H,7,18H2,1-3H3. The molecule has 2 nitrogen and oxygen atoms in total. The zero-order valence-electron chi connectivity index (χ0n) is 11.1. The smallest absolute Gasteiger partial charge is 0.378 e. The minimum Gasteiger partial charge on any atom is -0.378 e. The Bertz CT molecular complexity index is 446. The minimum absolute atomic E-state index is 0.0421. The second-order valence-electron chi connectivity index (χ2n) is 5.13. The van der Waals surface area contributed by atoms with Crippen LogP contribution < -0.4 is 11.1 Å². The first kappa shape index (κ1) is 16.1. The van der Waals surface area contributed by atoms with Gasteiger partial charge >= 0.3 is 6.18 Å². The van der Waals surface area contributed by atoms with Crippen LogP contribution in [-0.2, 0) is 6.18 Å². The normalized spacial score (nSPS) is 15.4. The molecule has 0 spiro atoms. The van der Waals surface area contributed by atoms with E-state index in [4.69, 9.17) is 17.3 Å². The molecule has 0 bridgehead atoms. The lowest BCUT2D eigenvalue weighted by molar-refractivity contribution is -0.137. The zero-order chi connectivity index (χ0) is 14.8. The van der Waals surface area contributed by atoms with Gasteiger partial charge in [0.2, 0.25) is 0 Å². The Hall–Kier alpha value is -0.940. The van der Waals surface area contributed by atoms with Gasteiger partial charge in [-0.25, -0.2) is 0 Å². The van der Waals surface area contributed by atoms with Crippen LogP contribution in [0.2, 0.25) is 5.02 Å². The number of rotatable bonds is 4. The van der Waals surface area contributed by atoms with Crippen molar-refractivity contribution in [3.63, 3.8) is 0 Å². The summed E-state index contributed by atoms with van der Waals surface area (Å²) in [5.74, 6) is 0.158. The summed E-state index contributed by atoms with van der Waals surface area (Å²) in [5, 5.41) is 3.09. The summed E-state index contributed by atoms with van der Waals surface area (Å²) in [6, 6.07) is 3.41. The molecule has 0 aliphatic carbocycles. The lowest BCUT2D eigenvalue weighted by Gasteiger charge is -2.35. The van der Waals surface area contributed by atoms with Crippen molar-refractivity contribution in [3.8, 4) is 0 Å². The fourth-order valence-electron chi connectivity index (χ4n) is 1.59. The summed E-state index contributed by atoms with van der Waals surface area (Å²) in [5.41, 5.74) is 4.76. The Kier molecular flexibility index (Phi) is 4.74. The van der Waals surface area contributed by atoms with Gasteiger partial charge in [-0.3, -0.25) is 0 Å². The predicted octanol–water partition coefficient (Wildman–Crippen LogP) is 4.14. The van der Waals surface area contributed by atoms with E-state index in [1.165, 1.54) is 6.07 Å². The molecule has 0 aliphatic rings. The van der Waals surface area contributed by atoms with Crippen molar-refractivity contribution in [2.24, 2.45) is 11.7 Å². The molecule has 1 aromatic rings. The highest BCUT2D eigenvalue weighted by Gasteiger charge is 2.32. The molecule has 6 heteroatoms. The largest absolute Gasteiger partial charge is 0.416 e. The maximum Gasteiger partial charge on any atom is 0.416 e. The SMILES string of the molecule is CC(C)C(C)(CN)Nc1cc(Cl)cc(C(F)(F)F)c1. The molecule has 0 radical (unpaired) electrons. The van der Waals surface area contributed by atoms with Crippen molar-refractivity contribution in [2.45, 2.75) is 32.5 Å². The predicted molar refractivity (Wildman–Crippen MR) is 72.4 cm³/mol. The van der Waals surface area contributed by atoms with Crippen LogP contribution in [0.5, 0.6) is 0 Å². The Labute approximate surface area is 116 Å². The maximum absolute atomic E-state index is 12.7. The molecule has 108 valence electrons. The number of nitrogens with one attached hydrogen (secondary N) is 1.